The lowest BCUT2D eigenvalue weighted by Crippen LogP contribution is -2.44. The van der Waals surface area contributed by atoms with Crippen LogP contribution < -0.4 is 21.1 Å². The molecule has 0 bridgehead atoms. The molecule has 0 fully saturated rings. The molecule has 0 saturated heterocycles. The van der Waals surface area contributed by atoms with Crippen LogP contribution in [0.25, 0.3) is 0 Å². The summed E-state index contributed by atoms with van der Waals surface area (Å²) in [6.45, 7) is -1.08. The maximum Gasteiger partial charge on any atom is 0.250 e. The number of hydrogen-bond acceptors (Lipinski definition) is 5. The standard InChI is InChI=1S/C20H23N4O6S/c21-31(29,30)16-8-6-14(7-9-16)10-11-22-17(26)12-23-20(28)19(24-18(27)13-25)15-4-2-1-3-5-15/h1-9,19H,10-13H2,(H,22,26)(H,23,28)(H,24,27)(H2,21,29,30)/t19-/m1/s1. The Labute approximate surface area is 179 Å². The van der Waals surface area contributed by atoms with Crippen molar-refractivity contribution in [3.8, 4) is 0 Å². The summed E-state index contributed by atoms with van der Waals surface area (Å²) in [6.07, 6.45) is 0.441. The molecule has 0 heterocycles. The minimum atomic E-state index is -3.76. The van der Waals surface area contributed by atoms with Gasteiger partial charge in [0.25, 0.3) is 0 Å². The third kappa shape index (κ3) is 7.81. The molecule has 1 radical (unpaired) electrons. The van der Waals surface area contributed by atoms with Gasteiger partial charge in [-0.15, -0.1) is 0 Å². The van der Waals surface area contributed by atoms with Gasteiger partial charge in [-0.3, -0.25) is 14.4 Å². The fourth-order valence-electron chi connectivity index (χ4n) is 2.67. The molecule has 1 atom stereocenters. The molecule has 0 spiro atoms. The zero-order valence-electron chi connectivity index (χ0n) is 16.5. The Hall–Kier alpha value is -3.28. The van der Waals surface area contributed by atoms with Crippen LogP contribution in [0.4, 0.5) is 0 Å². The molecule has 2 rings (SSSR count). The molecule has 0 saturated carbocycles. The van der Waals surface area contributed by atoms with Gasteiger partial charge in [0, 0.05) is 6.54 Å². The van der Waals surface area contributed by atoms with Gasteiger partial charge in [0.15, 0.2) is 6.61 Å². The Balaban J connectivity index is 1.83. The maximum absolute atomic E-state index is 12.4. The van der Waals surface area contributed by atoms with Gasteiger partial charge in [-0.1, -0.05) is 42.5 Å². The third-order valence-electron chi connectivity index (χ3n) is 4.24. The minimum Gasteiger partial charge on any atom is -0.354 e. The fraction of sp³-hybridized carbons (Fsp3) is 0.250. The van der Waals surface area contributed by atoms with E-state index < -0.39 is 40.4 Å². The van der Waals surface area contributed by atoms with Gasteiger partial charge in [0.2, 0.25) is 27.7 Å². The van der Waals surface area contributed by atoms with Crippen molar-refractivity contribution in [2.75, 3.05) is 19.7 Å². The van der Waals surface area contributed by atoms with E-state index in [-0.39, 0.29) is 18.0 Å². The smallest absolute Gasteiger partial charge is 0.250 e. The number of nitrogens with one attached hydrogen (secondary N) is 3. The van der Waals surface area contributed by atoms with Crippen molar-refractivity contribution in [2.45, 2.75) is 17.4 Å². The monoisotopic (exact) mass is 447 g/mol. The second-order valence-electron chi connectivity index (χ2n) is 6.56. The number of nitrogens with two attached hydrogens (primary N) is 1. The molecule has 0 aliphatic heterocycles. The number of hydrogen-bond donors (Lipinski definition) is 4. The summed E-state index contributed by atoms with van der Waals surface area (Å²) in [4.78, 5) is 35.9. The predicted octanol–water partition coefficient (Wildman–Crippen LogP) is -0.603. The number of amides is 3. The molecule has 5 N–H and O–H groups in total. The van der Waals surface area contributed by atoms with E-state index in [4.69, 9.17) is 5.14 Å². The van der Waals surface area contributed by atoms with Crippen molar-refractivity contribution in [3.05, 3.63) is 65.7 Å². The number of benzene rings is 2. The molecule has 165 valence electrons. The molecule has 2 aromatic rings. The highest BCUT2D eigenvalue weighted by Crippen LogP contribution is 2.12. The van der Waals surface area contributed by atoms with E-state index in [1.807, 2.05) is 0 Å². The highest BCUT2D eigenvalue weighted by molar-refractivity contribution is 7.89. The normalized spacial score (nSPS) is 11.9. The number of carbonyl (C=O) groups excluding carboxylic acids is 3. The molecule has 11 heteroatoms. The van der Waals surface area contributed by atoms with Crippen LogP contribution in [-0.2, 0) is 35.9 Å². The number of carbonyl (C=O) groups is 3. The summed E-state index contributed by atoms with van der Waals surface area (Å²) >= 11 is 0. The van der Waals surface area contributed by atoms with Crippen LogP contribution in [0.1, 0.15) is 17.2 Å². The lowest BCUT2D eigenvalue weighted by Gasteiger charge is -2.18. The van der Waals surface area contributed by atoms with Crippen LogP contribution in [0.2, 0.25) is 0 Å². The van der Waals surface area contributed by atoms with Crippen molar-refractivity contribution in [1.82, 2.24) is 16.0 Å². The van der Waals surface area contributed by atoms with E-state index in [1.165, 1.54) is 12.1 Å². The second-order valence-corrected chi connectivity index (χ2v) is 8.12. The molecule has 0 aromatic heterocycles. The first-order valence-electron chi connectivity index (χ1n) is 9.29. The van der Waals surface area contributed by atoms with E-state index in [9.17, 15) is 27.9 Å². The summed E-state index contributed by atoms with van der Waals surface area (Å²) < 4.78 is 22.5. The average molecular weight is 447 g/mol. The molecule has 0 aliphatic carbocycles. The first kappa shape index (κ1) is 24.0. The van der Waals surface area contributed by atoms with Gasteiger partial charge >= 0.3 is 0 Å². The Morgan fingerprint density at radius 3 is 2.13 bits per heavy atom. The highest BCUT2D eigenvalue weighted by Gasteiger charge is 2.22. The van der Waals surface area contributed by atoms with Crippen molar-refractivity contribution >= 4 is 27.7 Å². The van der Waals surface area contributed by atoms with E-state index in [2.05, 4.69) is 16.0 Å². The zero-order valence-corrected chi connectivity index (χ0v) is 17.4. The van der Waals surface area contributed by atoms with Crippen molar-refractivity contribution in [1.29, 1.82) is 0 Å². The summed E-state index contributed by atoms with van der Waals surface area (Å²) in [5, 5.41) is 23.2. The van der Waals surface area contributed by atoms with Gasteiger partial charge in [-0.05, 0) is 29.7 Å². The van der Waals surface area contributed by atoms with Crippen LogP contribution in [0, 0.1) is 0 Å². The summed E-state index contributed by atoms with van der Waals surface area (Å²) in [7, 11) is -3.76. The van der Waals surface area contributed by atoms with Crippen molar-refractivity contribution in [2.24, 2.45) is 5.14 Å². The molecule has 0 unspecified atom stereocenters. The van der Waals surface area contributed by atoms with Crippen molar-refractivity contribution < 1.29 is 27.9 Å². The average Bonchev–Trinajstić information content (AvgIpc) is 2.76. The lowest BCUT2D eigenvalue weighted by molar-refractivity contribution is -0.132. The quantitative estimate of drug-likeness (QED) is 0.381. The van der Waals surface area contributed by atoms with Crippen molar-refractivity contribution in [3.63, 3.8) is 0 Å². The van der Waals surface area contributed by atoms with Crippen LogP contribution in [-0.4, -0.2) is 45.8 Å². The Morgan fingerprint density at radius 1 is 0.903 bits per heavy atom. The number of sulfonamides is 1. The zero-order chi connectivity index (χ0) is 22.9. The summed E-state index contributed by atoms with van der Waals surface area (Å²) in [5.41, 5.74) is 1.27. The molecular weight excluding hydrogens is 424 g/mol. The van der Waals surface area contributed by atoms with Gasteiger partial charge in [0.05, 0.1) is 11.4 Å². The van der Waals surface area contributed by atoms with Gasteiger partial charge in [-0.25, -0.2) is 18.7 Å². The van der Waals surface area contributed by atoms with Gasteiger partial charge in [0.1, 0.15) is 6.04 Å². The van der Waals surface area contributed by atoms with E-state index in [0.29, 0.717) is 12.0 Å². The molecule has 3 amide bonds. The Morgan fingerprint density at radius 2 is 1.55 bits per heavy atom. The van der Waals surface area contributed by atoms with E-state index in [1.54, 1.807) is 42.5 Å². The number of primary sulfonamides is 1. The Bertz CT molecular complexity index is 1010. The van der Waals surface area contributed by atoms with E-state index >= 15 is 0 Å². The first-order chi connectivity index (χ1) is 14.7. The molecule has 2 aromatic carbocycles. The Kier molecular flexibility index (Phi) is 8.67. The van der Waals surface area contributed by atoms with Crippen LogP contribution in [0.3, 0.4) is 0 Å². The largest absolute Gasteiger partial charge is 0.354 e. The lowest BCUT2D eigenvalue weighted by atomic mass is 10.1. The molecule has 0 aliphatic rings. The van der Waals surface area contributed by atoms with Gasteiger partial charge in [-0.2, -0.15) is 0 Å². The third-order valence-corrected chi connectivity index (χ3v) is 5.17. The summed E-state index contributed by atoms with van der Waals surface area (Å²) in [6, 6.07) is 13.2. The predicted molar refractivity (Wildman–Crippen MR) is 110 cm³/mol. The molecule has 31 heavy (non-hydrogen) atoms. The highest BCUT2D eigenvalue weighted by atomic mass is 32.2. The topological polar surface area (TPSA) is 167 Å². The molecular formula is C20H23N4O6S. The van der Waals surface area contributed by atoms with Crippen LogP contribution >= 0.6 is 0 Å². The summed E-state index contributed by atoms with van der Waals surface area (Å²) in [5.74, 6) is -1.90. The minimum absolute atomic E-state index is 0.0000357. The maximum atomic E-state index is 12.4. The van der Waals surface area contributed by atoms with Gasteiger partial charge < -0.3 is 16.0 Å². The van der Waals surface area contributed by atoms with Crippen LogP contribution in [0.15, 0.2) is 59.5 Å². The number of rotatable bonds is 10. The SMILES string of the molecule is NS(=O)(=O)c1ccc(CCNC(=O)CNC(=O)[C@H](NC(=O)C[O])c2ccccc2)cc1. The first-order valence-corrected chi connectivity index (χ1v) is 10.8. The second kappa shape index (κ2) is 11.2. The molecule has 10 nitrogen and oxygen atoms in total. The van der Waals surface area contributed by atoms with E-state index in [0.717, 1.165) is 5.56 Å². The van der Waals surface area contributed by atoms with Crippen LogP contribution in [0.5, 0.6) is 0 Å². The fourth-order valence-corrected chi connectivity index (χ4v) is 3.19.